The van der Waals surface area contributed by atoms with Crippen molar-refractivity contribution in [1.82, 2.24) is 15.0 Å². The van der Waals surface area contributed by atoms with Crippen LogP contribution in [0.5, 0.6) is 0 Å². The molecule has 3 N–H and O–H groups in total. The molecule has 2 atom stereocenters. The van der Waals surface area contributed by atoms with Crippen molar-refractivity contribution in [3.8, 4) is 0 Å². The van der Waals surface area contributed by atoms with E-state index < -0.39 is 12.3 Å². The smallest absolute Gasteiger partial charge is 0.416 e. The molecule has 0 radical (unpaired) electrons. The molecule has 9 nitrogen and oxygen atoms in total. The van der Waals surface area contributed by atoms with Crippen molar-refractivity contribution in [2.45, 2.75) is 19.2 Å². The van der Waals surface area contributed by atoms with E-state index in [0.717, 1.165) is 11.3 Å². The molecule has 0 bridgehead atoms. The van der Waals surface area contributed by atoms with Crippen molar-refractivity contribution in [1.29, 1.82) is 0 Å². The summed E-state index contributed by atoms with van der Waals surface area (Å²) >= 11 is 6.06. The number of rotatable bonds is 4. The lowest BCUT2D eigenvalue weighted by Gasteiger charge is -2.28. The second-order valence-corrected chi connectivity index (χ2v) is 6.60. The summed E-state index contributed by atoms with van der Waals surface area (Å²) in [6.45, 7) is 2.57. The van der Waals surface area contributed by atoms with Crippen LogP contribution in [0.25, 0.3) is 6.08 Å². The van der Waals surface area contributed by atoms with Crippen LogP contribution in [0.3, 0.4) is 0 Å². The molecule has 1 aromatic heterocycles. The Morgan fingerprint density at radius 3 is 3.07 bits per heavy atom. The van der Waals surface area contributed by atoms with Crippen LogP contribution in [0.4, 0.5) is 22.4 Å². The number of nitrogens with zero attached hydrogens (tertiary/aromatic N) is 4. The summed E-state index contributed by atoms with van der Waals surface area (Å²) in [6, 6.07) is 5.11. The van der Waals surface area contributed by atoms with Gasteiger partial charge in [-0.15, -0.1) is 0 Å². The lowest BCUT2D eigenvalue weighted by molar-refractivity contribution is 0.181. The lowest BCUT2D eigenvalue weighted by Crippen LogP contribution is -2.34. The van der Waals surface area contributed by atoms with Crippen LogP contribution in [0.2, 0.25) is 5.02 Å². The number of ether oxygens (including phenoxy) is 1. The monoisotopic (exact) mass is 388 g/mol. The highest BCUT2D eigenvalue weighted by Crippen LogP contribution is 2.30. The van der Waals surface area contributed by atoms with Crippen molar-refractivity contribution >= 4 is 41.4 Å². The van der Waals surface area contributed by atoms with Crippen LogP contribution in [0, 0.1) is 0 Å². The van der Waals surface area contributed by atoms with E-state index in [2.05, 4.69) is 25.6 Å². The Morgan fingerprint density at radius 2 is 2.30 bits per heavy atom. The van der Waals surface area contributed by atoms with E-state index in [-0.39, 0.29) is 17.9 Å². The first-order valence-electron chi connectivity index (χ1n) is 8.37. The summed E-state index contributed by atoms with van der Waals surface area (Å²) in [7, 11) is 0. The number of carbonyl (C=O) groups is 1. The fourth-order valence-electron chi connectivity index (χ4n) is 2.97. The number of amides is 1. The van der Waals surface area contributed by atoms with E-state index in [9.17, 15) is 9.90 Å². The SMILES string of the molecule is C[C@H](Nc1ncnc(N2CCOC2=O)n1)C1=Cc2cc(Cl)ccc2NC1O. The van der Waals surface area contributed by atoms with Gasteiger partial charge < -0.3 is 20.5 Å². The van der Waals surface area contributed by atoms with Crippen molar-refractivity contribution < 1.29 is 14.6 Å². The van der Waals surface area contributed by atoms with Gasteiger partial charge in [0.1, 0.15) is 19.2 Å². The first-order chi connectivity index (χ1) is 13.0. The maximum atomic E-state index is 11.7. The van der Waals surface area contributed by atoms with Crippen LogP contribution in [0.15, 0.2) is 30.1 Å². The Bertz CT molecular complexity index is 921. The molecule has 1 saturated heterocycles. The molecule has 2 aliphatic heterocycles. The van der Waals surface area contributed by atoms with Crippen molar-refractivity contribution in [3.05, 3.63) is 40.7 Å². The predicted octanol–water partition coefficient (Wildman–Crippen LogP) is 2.11. The molecule has 140 valence electrons. The van der Waals surface area contributed by atoms with Crippen molar-refractivity contribution in [2.75, 3.05) is 28.7 Å². The van der Waals surface area contributed by atoms with Crippen molar-refractivity contribution in [2.24, 2.45) is 0 Å². The summed E-state index contributed by atoms with van der Waals surface area (Å²) in [5.41, 5.74) is 2.39. The third-order valence-electron chi connectivity index (χ3n) is 4.35. The largest absolute Gasteiger partial charge is 0.447 e. The van der Waals surface area contributed by atoms with Gasteiger partial charge in [-0.25, -0.2) is 19.7 Å². The van der Waals surface area contributed by atoms with Crippen LogP contribution in [0.1, 0.15) is 12.5 Å². The van der Waals surface area contributed by atoms with Gasteiger partial charge in [0.15, 0.2) is 0 Å². The minimum atomic E-state index is -0.865. The number of anilines is 3. The summed E-state index contributed by atoms with van der Waals surface area (Å²) in [4.78, 5) is 25.4. The van der Waals surface area contributed by atoms with Gasteiger partial charge in [-0.2, -0.15) is 4.98 Å². The molecule has 1 aromatic carbocycles. The molecule has 27 heavy (non-hydrogen) atoms. The molecule has 1 amide bonds. The molecule has 10 heteroatoms. The van der Waals surface area contributed by atoms with Gasteiger partial charge >= 0.3 is 6.09 Å². The third-order valence-corrected chi connectivity index (χ3v) is 4.59. The Kier molecular flexibility index (Phi) is 4.54. The number of aliphatic hydroxyl groups is 1. The van der Waals surface area contributed by atoms with Crippen LogP contribution >= 0.6 is 11.6 Å². The second kappa shape index (κ2) is 7.01. The number of halogens is 1. The van der Waals surface area contributed by atoms with Gasteiger partial charge in [0.25, 0.3) is 0 Å². The summed E-state index contributed by atoms with van der Waals surface area (Å²) in [5, 5.41) is 17.2. The highest BCUT2D eigenvalue weighted by atomic mass is 35.5. The maximum Gasteiger partial charge on any atom is 0.416 e. The normalized spacial score (nSPS) is 19.7. The zero-order valence-electron chi connectivity index (χ0n) is 14.4. The fraction of sp³-hybridized carbons (Fsp3) is 0.294. The van der Waals surface area contributed by atoms with E-state index in [1.54, 1.807) is 6.07 Å². The number of fused-ring (bicyclic) bond motifs is 1. The Balaban J connectivity index is 1.55. The van der Waals surface area contributed by atoms with Crippen LogP contribution in [-0.4, -0.2) is 51.6 Å². The molecule has 0 spiro atoms. The topological polar surface area (TPSA) is 112 Å². The van der Waals surface area contributed by atoms with Gasteiger partial charge in [-0.1, -0.05) is 11.6 Å². The molecule has 2 aliphatic rings. The van der Waals surface area contributed by atoms with Crippen LogP contribution in [-0.2, 0) is 4.74 Å². The number of hydrogen-bond donors (Lipinski definition) is 3. The van der Waals surface area contributed by atoms with E-state index >= 15 is 0 Å². The van der Waals surface area contributed by atoms with Gasteiger partial charge in [-0.05, 0) is 36.8 Å². The molecule has 0 aliphatic carbocycles. The molecular formula is C17H17ClN6O3. The average molecular weight is 389 g/mol. The van der Waals surface area contributed by atoms with Crippen LogP contribution < -0.4 is 15.5 Å². The van der Waals surface area contributed by atoms with Gasteiger partial charge in [-0.3, -0.25) is 0 Å². The van der Waals surface area contributed by atoms with Crippen molar-refractivity contribution in [3.63, 3.8) is 0 Å². The zero-order valence-corrected chi connectivity index (χ0v) is 15.1. The Morgan fingerprint density at radius 1 is 1.44 bits per heavy atom. The number of carbonyl (C=O) groups excluding carboxylic acids is 1. The highest BCUT2D eigenvalue weighted by molar-refractivity contribution is 6.30. The third kappa shape index (κ3) is 3.51. The molecule has 0 saturated carbocycles. The summed E-state index contributed by atoms with van der Waals surface area (Å²) in [6.07, 6.45) is 1.85. The number of aliphatic hydroxyl groups excluding tert-OH is 1. The fourth-order valence-corrected chi connectivity index (χ4v) is 3.16. The van der Waals surface area contributed by atoms with E-state index in [0.29, 0.717) is 23.7 Å². The minimum Gasteiger partial charge on any atom is -0.447 e. The first kappa shape index (κ1) is 17.5. The molecule has 2 aromatic rings. The average Bonchev–Trinajstić information content (AvgIpc) is 3.07. The maximum absolute atomic E-state index is 11.7. The second-order valence-electron chi connectivity index (χ2n) is 6.16. The number of nitrogens with one attached hydrogen (secondary N) is 2. The number of aromatic nitrogens is 3. The van der Waals surface area contributed by atoms with E-state index in [1.165, 1.54) is 11.2 Å². The summed E-state index contributed by atoms with van der Waals surface area (Å²) < 4.78 is 4.90. The Labute approximate surface area is 160 Å². The predicted molar refractivity (Wildman–Crippen MR) is 101 cm³/mol. The van der Waals surface area contributed by atoms with E-state index in [1.807, 2.05) is 25.1 Å². The molecular weight excluding hydrogens is 372 g/mol. The lowest BCUT2D eigenvalue weighted by atomic mass is 9.98. The molecule has 1 fully saturated rings. The highest BCUT2D eigenvalue weighted by Gasteiger charge is 2.27. The first-order valence-corrected chi connectivity index (χ1v) is 8.74. The molecule has 4 rings (SSSR count). The van der Waals surface area contributed by atoms with Gasteiger partial charge in [0.05, 0.1) is 12.6 Å². The standard InChI is InChI=1S/C17H17ClN6O3/c1-9(12-7-10-6-11(18)2-3-13(10)22-14(12)25)21-15-19-8-20-16(23-15)24-4-5-27-17(24)26/h2-3,6-9,14,22,25H,4-5H2,1H3,(H,19,20,21,23)/t9-,14?/m0/s1. The zero-order chi connectivity index (χ0) is 19.0. The minimum absolute atomic E-state index is 0.218. The number of cyclic esters (lactones) is 1. The molecule has 3 heterocycles. The quantitative estimate of drug-likeness (QED) is 0.730. The number of hydrogen-bond acceptors (Lipinski definition) is 8. The van der Waals surface area contributed by atoms with Gasteiger partial charge in [0.2, 0.25) is 11.9 Å². The van der Waals surface area contributed by atoms with E-state index in [4.69, 9.17) is 16.3 Å². The molecule has 1 unspecified atom stereocenters. The number of benzene rings is 1. The summed E-state index contributed by atoms with van der Waals surface area (Å²) in [5.74, 6) is 0.507. The Hall–Kier alpha value is -2.91. The van der Waals surface area contributed by atoms with Gasteiger partial charge in [0, 0.05) is 16.3 Å².